The highest BCUT2D eigenvalue weighted by Gasteiger charge is 2.11. The molecule has 0 radical (unpaired) electrons. The van der Waals surface area contributed by atoms with E-state index in [9.17, 15) is 4.79 Å². The van der Waals surface area contributed by atoms with Gasteiger partial charge in [0.25, 0.3) is 0 Å². The number of aryl methyl sites for hydroxylation is 3. The maximum atomic E-state index is 10.5. The first kappa shape index (κ1) is 10.7. The van der Waals surface area contributed by atoms with E-state index in [0.29, 0.717) is 12.3 Å². The summed E-state index contributed by atoms with van der Waals surface area (Å²) in [5.74, 6) is -0.342. The van der Waals surface area contributed by atoms with Crippen LogP contribution in [0.5, 0.6) is 0 Å². The zero-order valence-corrected chi connectivity index (χ0v) is 9.28. The minimum absolute atomic E-state index is 0.0465. The standard InChI is InChI=1S/C12H13NO3/c1-7-3-4-8(2)12-11(7)13-9(16-12)5-6-10(14)15/h3-4H,5-6H2,1-2H3,(H,14,15). The van der Waals surface area contributed by atoms with Crippen molar-refractivity contribution in [3.63, 3.8) is 0 Å². The van der Waals surface area contributed by atoms with Crippen molar-refractivity contribution >= 4 is 17.1 Å². The quantitative estimate of drug-likeness (QED) is 0.861. The van der Waals surface area contributed by atoms with Crippen molar-refractivity contribution < 1.29 is 14.3 Å². The minimum Gasteiger partial charge on any atom is -0.481 e. The second-order valence-electron chi connectivity index (χ2n) is 3.88. The summed E-state index contributed by atoms with van der Waals surface area (Å²) in [5.41, 5.74) is 3.67. The van der Waals surface area contributed by atoms with Gasteiger partial charge in [-0.05, 0) is 25.0 Å². The largest absolute Gasteiger partial charge is 0.481 e. The number of aromatic nitrogens is 1. The number of nitrogens with zero attached hydrogens (tertiary/aromatic N) is 1. The summed E-state index contributed by atoms with van der Waals surface area (Å²) in [6, 6.07) is 3.96. The third-order valence-corrected chi connectivity index (χ3v) is 2.54. The molecule has 4 nitrogen and oxygen atoms in total. The van der Waals surface area contributed by atoms with Crippen LogP contribution in [0.3, 0.4) is 0 Å². The van der Waals surface area contributed by atoms with Crippen LogP contribution in [0.2, 0.25) is 0 Å². The Kier molecular flexibility index (Phi) is 2.64. The van der Waals surface area contributed by atoms with E-state index in [4.69, 9.17) is 9.52 Å². The van der Waals surface area contributed by atoms with Gasteiger partial charge in [0.1, 0.15) is 5.52 Å². The molecule has 0 spiro atoms. The third-order valence-electron chi connectivity index (χ3n) is 2.54. The lowest BCUT2D eigenvalue weighted by atomic mass is 10.1. The fourth-order valence-electron chi connectivity index (χ4n) is 1.62. The van der Waals surface area contributed by atoms with Gasteiger partial charge in [0, 0.05) is 6.42 Å². The molecule has 1 aromatic heterocycles. The van der Waals surface area contributed by atoms with E-state index in [1.165, 1.54) is 0 Å². The smallest absolute Gasteiger partial charge is 0.303 e. The molecule has 1 N–H and O–H groups in total. The fourth-order valence-corrected chi connectivity index (χ4v) is 1.62. The number of oxazole rings is 1. The van der Waals surface area contributed by atoms with Gasteiger partial charge in [-0.25, -0.2) is 4.98 Å². The molecule has 0 fully saturated rings. The lowest BCUT2D eigenvalue weighted by molar-refractivity contribution is -0.137. The highest BCUT2D eigenvalue weighted by molar-refractivity contribution is 5.79. The van der Waals surface area contributed by atoms with Crippen LogP contribution in [0.15, 0.2) is 16.5 Å². The van der Waals surface area contributed by atoms with Crippen molar-refractivity contribution in [2.24, 2.45) is 0 Å². The summed E-state index contributed by atoms with van der Waals surface area (Å²) in [4.78, 5) is 14.8. The van der Waals surface area contributed by atoms with Crippen LogP contribution in [-0.4, -0.2) is 16.1 Å². The number of carboxylic acid groups (broad SMARTS) is 1. The summed E-state index contributed by atoms with van der Waals surface area (Å²) >= 11 is 0. The van der Waals surface area contributed by atoms with Crippen LogP contribution in [-0.2, 0) is 11.2 Å². The number of rotatable bonds is 3. The van der Waals surface area contributed by atoms with Crippen LogP contribution < -0.4 is 0 Å². The Morgan fingerprint density at radius 1 is 1.38 bits per heavy atom. The molecule has 0 atom stereocenters. The molecule has 0 aliphatic carbocycles. The molecule has 0 bridgehead atoms. The van der Waals surface area contributed by atoms with Crippen LogP contribution >= 0.6 is 0 Å². The van der Waals surface area contributed by atoms with Crippen LogP contribution in [0.1, 0.15) is 23.4 Å². The van der Waals surface area contributed by atoms with Crippen molar-refractivity contribution in [3.05, 3.63) is 29.2 Å². The van der Waals surface area contributed by atoms with E-state index in [-0.39, 0.29) is 6.42 Å². The van der Waals surface area contributed by atoms with Gasteiger partial charge in [0.15, 0.2) is 11.5 Å². The lowest BCUT2D eigenvalue weighted by Crippen LogP contribution is -1.97. The van der Waals surface area contributed by atoms with Crippen molar-refractivity contribution in [1.82, 2.24) is 4.98 Å². The maximum absolute atomic E-state index is 10.5. The summed E-state index contributed by atoms with van der Waals surface area (Å²) in [6.07, 6.45) is 0.383. The van der Waals surface area contributed by atoms with E-state index >= 15 is 0 Å². The number of aliphatic carboxylic acids is 1. The van der Waals surface area contributed by atoms with E-state index < -0.39 is 5.97 Å². The predicted octanol–water partition coefficient (Wildman–Crippen LogP) is 2.46. The molecule has 16 heavy (non-hydrogen) atoms. The second-order valence-corrected chi connectivity index (χ2v) is 3.88. The van der Waals surface area contributed by atoms with Crippen LogP contribution in [0.4, 0.5) is 0 Å². The molecule has 1 aromatic carbocycles. The number of fused-ring (bicyclic) bond motifs is 1. The first-order valence-corrected chi connectivity index (χ1v) is 5.15. The third kappa shape index (κ3) is 1.91. The molecule has 0 unspecified atom stereocenters. The molecular formula is C12H13NO3. The van der Waals surface area contributed by atoms with Gasteiger partial charge >= 0.3 is 5.97 Å². The topological polar surface area (TPSA) is 63.3 Å². The molecule has 4 heteroatoms. The van der Waals surface area contributed by atoms with Crippen molar-refractivity contribution in [3.8, 4) is 0 Å². The second kappa shape index (κ2) is 3.96. The van der Waals surface area contributed by atoms with Crippen molar-refractivity contribution in [1.29, 1.82) is 0 Å². The van der Waals surface area contributed by atoms with Gasteiger partial charge in [0.2, 0.25) is 0 Å². The zero-order valence-electron chi connectivity index (χ0n) is 9.28. The molecule has 0 amide bonds. The SMILES string of the molecule is Cc1ccc(C)c2oc(CCC(=O)O)nc12. The van der Waals surface area contributed by atoms with Gasteiger partial charge in [-0.2, -0.15) is 0 Å². The minimum atomic E-state index is -0.837. The molecule has 0 saturated carbocycles. The Morgan fingerprint density at radius 2 is 2.06 bits per heavy atom. The fraction of sp³-hybridized carbons (Fsp3) is 0.333. The Balaban J connectivity index is 2.39. The lowest BCUT2D eigenvalue weighted by Gasteiger charge is -1.95. The van der Waals surface area contributed by atoms with Gasteiger partial charge in [-0.15, -0.1) is 0 Å². The first-order chi connectivity index (χ1) is 7.58. The molecule has 0 aliphatic heterocycles. The summed E-state index contributed by atoms with van der Waals surface area (Å²) < 4.78 is 5.56. The highest BCUT2D eigenvalue weighted by Crippen LogP contribution is 2.23. The highest BCUT2D eigenvalue weighted by atomic mass is 16.4. The normalized spacial score (nSPS) is 10.9. The van der Waals surface area contributed by atoms with Gasteiger partial charge in [-0.3, -0.25) is 4.79 Å². The molecule has 2 rings (SSSR count). The monoisotopic (exact) mass is 219 g/mol. The predicted molar refractivity (Wildman–Crippen MR) is 59.4 cm³/mol. The van der Waals surface area contributed by atoms with E-state index in [1.54, 1.807) is 0 Å². The van der Waals surface area contributed by atoms with E-state index in [2.05, 4.69) is 4.98 Å². The molecule has 2 aromatic rings. The van der Waals surface area contributed by atoms with Crippen molar-refractivity contribution in [2.45, 2.75) is 26.7 Å². The zero-order chi connectivity index (χ0) is 11.7. The molecular weight excluding hydrogens is 206 g/mol. The summed E-state index contributed by atoms with van der Waals surface area (Å²) in [5, 5.41) is 8.59. The molecule has 0 aliphatic rings. The number of carboxylic acids is 1. The van der Waals surface area contributed by atoms with Crippen LogP contribution in [0, 0.1) is 13.8 Å². The average Bonchev–Trinajstić information content (AvgIpc) is 2.66. The first-order valence-electron chi connectivity index (χ1n) is 5.15. The van der Waals surface area contributed by atoms with Crippen LogP contribution in [0.25, 0.3) is 11.1 Å². The van der Waals surface area contributed by atoms with E-state index in [0.717, 1.165) is 22.2 Å². The Hall–Kier alpha value is -1.84. The van der Waals surface area contributed by atoms with Gasteiger partial charge in [-0.1, -0.05) is 12.1 Å². The molecule has 1 heterocycles. The Bertz CT molecular complexity index is 503. The van der Waals surface area contributed by atoms with E-state index in [1.807, 2.05) is 26.0 Å². The summed E-state index contributed by atoms with van der Waals surface area (Å²) in [7, 11) is 0. The number of hydrogen-bond acceptors (Lipinski definition) is 3. The Morgan fingerprint density at radius 3 is 2.69 bits per heavy atom. The number of hydrogen-bond donors (Lipinski definition) is 1. The van der Waals surface area contributed by atoms with Crippen molar-refractivity contribution in [2.75, 3.05) is 0 Å². The average molecular weight is 219 g/mol. The van der Waals surface area contributed by atoms with Gasteiger partial charge in [0.05, 0.1) is 6.42 Å². The number of carbonyl (C=O) groups is 1. The Labute approximate surface area is 92.9 Å². The molecule has 0 saturated heterocycles. The number of benzene rings is 1. The van der Waals surface area contributed by atoms with Gasteiger partial charge < -0.3 is 9.52 Å². The maximum Gasteiger partial charge on any atom is 0.303 e. The summed E-state index contributed by atoms with van der Waals surface area (Å²) in [6.45, 7) is 3.92. The molecule has 84 valence electrons.